The Morgan fingerprint density at radius 1 is 1.11 bits per heavy atom. The summed E-state index contributed by atoms with van der Waals surface area (Å²) in [6.07, 6.45) is 5.58. The molecule has 0 aliphatic carbocycles. The fourth-order valence-corrected chi connectivity index (χ4v) is 3.63. The monoisotopic (exact) mass is 524 g/mol. The van der Waals surface area contributed by atoms with E-state index < -0.39 is 23.5 Å². The Morgan fingerprint density at radius 2 is 1.87 bits per heavy atom. The Balaban J connectivity index is 1.50. The van der Waals surface area contributed by atoms with E-state index in [1.54, 1.807) is 24.3 Å². The summed E-state index contributed by atoms with van der Waals surface area (Å²) in [5.74, 6) is -2.05. The average molecular weight is 525 g/mol. The molecule has 0 radical (unpaired) electrons. The first-order valence-electron chi connectivity index (χ1n) is 12.4. The van der Waals surface area contributed by atoms with E-state index in [2.05, 4.69) is 42.8 Å². The number of carboxylic acid groups (broad SMARTS) is 1. The molecule has 0 spiro atoms. The van der Waals surface area contributed by atoms with Crippen molar-refractivity contribution in [3.8, 4) is 0 Å². The van der Waals surface area contributed by atoms with Gasteiger partial charge in [0.1, 0.15) is 6.04 Å². The predicted octanol–water partition coefficient (Wildman–Crippen LogP) is 1.57. The first-order chi connectivity index (χ1) is 18.3. The Bertz CT molecular complexity index is 1330. The molecular formula is C25H32N8O5. The first-order valence-corrected chi connectivity index (χ1v) is 12.4. The predicted molar refractivity (Wildman–Crippen MR) is 141 cm³/mol. The van der Waals surface area contributed by atoms with Crippen molar-refractivity contribution in [1.29, 1.82) is 0 Å². The zero-order chi connectivity index (χ0) is 27.5. The lowest BCUT2D eigenvalue weighted by Gasteiger charge is -2.15. The molecule has 13 heteroatoms. The molecule has 1 atom stereocenters. The number of unbranched alkanes of at least 4 members (excludes halogenated alkanes) is 3. The quantitative estimate of drug-likeness (QED) is 0.168. The number of nitrogens with two attached hydrogens (primary N) is 1. The number of H-pyrrole nitrogens is 1. The van der Waals surface area contributed by atoms with E-state index in [-0.39, 0.29) is 48.0 Å². The number of aliphatic carboxylic acids is 1. The van der Waals surface area contributed by atoms with Gasteiger partial charge in [0.15, 0.2) is 11.2 Å². The molecule has 3 rings (SSSR count). The SMILES string of the molecule is CCCCCCNC(=O)CCC(NC(=O)c1ccc(NCc2cnc3nc(N)[nH]c(=O)c3n2)cc1)C(=O)O. The van der Waals surface area contributed by atoms with Crippen molar-refractivity contribution in [2.75, 3.05) is 17.6 Å². The molecule has 13 nitrogen and oxygen atoms in total. The molecule has 3 aromatic rings. The minimum Gasteiger partial charge on any atom is -0.480 e. The van der Waals surface area contributed by atoms with Crippen molar-refractivity contribution in [3.05, 3.63) is 52.1 Å². The van der Waals surface area contributed by atoms with Crippen LogP contribution in [0.1, 0.15) is 61.5 Å². The summed E-state index contributed by atoms with van der Waals surface area (Å²) >= 11 is 0. The lowest BCUT2D eigenvalue weighted by molar-refractivity contribution is -0.139. The van der Waals surface area contributed by atoms with Crippen LogP contribution in [-0.4, -0.2) is 55.4 Å². The van der Waals surface area contributed by atoms with Crippen LogP contribution in [0.3, 0.4) is 0 Å². The zero-order valence-electron chi connectivity index (χ0n) is 21.1. The summed E-state index contributed by atoms with van der Waals surface area (Å²) in [6.45, 7) is 2.91. The molecule has 1 aromatic carbocycles. The topological polar surface area (TPSA) is 205 Å². The van der Waals surface area contributed by atoms with Crippen LogP contribution in [-0.2, 0) is 16.1 Å². The summed E-state index contributed by atoms with van der Waals surface area (Å²) < 4.78 is 0. The average Bonchev–Trinajstić information content (AvgIpc) is 2.89. The van der Waals surface area contributed by atoms with Crippen LogP contribution in [0.25, 0.3) is 11.2 Å². The third-order valence-corrected chi connectivity index (χ3v) is 5.72. The largest absolute Gasteiger partial charge is 0.480 e. The van der Waals surface area contributed by atoms with Gasteiger partial charge in [0.05, 0.1) is 18.4 Å². The third kappa shape index (κ3) is 8.25. The van der Waals surface area contributed by atoms with Gasteiger partial charge >= 0.3 is 5.97 Å². The van der Waals surface area contributed by atoms with Crippen LogP contribution in [0.5, 0.6) is 0 Å². The number of aromatic amines is 1. The van der Waals surface area contributed by atoms with Gasteiger partial charge in [-0.2, -0.15) is 4.98 Å². The van der Waals surface area contributed by atoms with Crippen LogP contribution >= 0.6 is 0 Å². The third-order valence-electron chi connectivity index (χ3n) is 5.72. The van der Waals surface area contributed by atoms with Crippen molar-refractivity contribution in [2.45, 2.75) is 58.0 Å². The van der Waals surface area contributed by atoms with Gasteiger partial charge in [0.2, 0.25) is 11.9 Å². The second-order valence-corrected chi connectivity index (χ2v) is 8.73. The molecule has 7 N–H and O–H groups in total. The molecular weight excluding hydrogens is 492 g/mol. The van der Waals surface area contributed by atoms with E-state index >= 15 is 0 Å². The summed E-state index contributed by atoms with van der Waals surface area (Å²) in [5.41, 5.74) is 6.66. The highest BCUT2D eigenvalue weighted by molar-refractivity contribution is 5.97. The standard InChI is InChI=1S/C25H32N8O5/c1-2-3-4-5-12-27-19(34)11-10-18(24(37)38)31-22(35)15-6-8-16(9-7-15)28-13-17-14-29-21-20(30-17)23(36)33-25(26)32-21/h6-9,14,18,28H,2-5,10-13H2,1H3,(H,27,34)(H,31,35)(H,37,38)(H3,26,29,32,33,36). The number of amides is 2. The van der Waals surface area contributed by atoms with Crippen molar-refractivity contribution in [3.63, 3.8) is 0 Å². The van der Waals surface area contributed by atoms with Crippen molar-refractivity contribution in [1.82, 2.24) is 30.6 Å². The Kier molecular flexibility index (Phi) is 10.1. The maximum Gasteiger partial charge on any atom is 0.326 e. The fourth-order valence-electron chi connectivity index (χ4n) is 3.63. The molecule has 0 aliphatic heterocycles. The number of fused-ring (bicyclic) bond motifs is 1. The second-order valence-electron chi connectivity index (χ2n) is 8.73. The first kappa shape index (κ1) is 28.0. The van der Waals surface area contributed by atoms with E-state index in [9.17, 15) is 24.3 Å². The molecule has 1 unspecified atom stereocenters. The summed E-state index contributed by atoms with van der Waals surface area (Å²) in [4.78, 5) is 62.8. The van der Waals surface area contributed by atoms with Gasteiger partial charge in [-0.25, -0.2) is 14.8 Å². The number of carbonyl (C=O) groups excluding carboxylic acids is 2. The van der Waals surface area contributed by atoms with Gasteiger partial charge in [-0.3, -0.25) is 19.4 Å². The molecule has 0 saturated carbocycles. The van der Waals surface area contributed by atoms with Crippen molar-refractivity contribution in [2.24, 2.45) is 0 Å². The van der Waals surface area contributed by atoms with Gasteiger partial charge in [-0.15, -0.1) is 0 Å². The highest BCUT2D eigenvalue weighted by Gasteiger charge is 2.21. The van der Waals surface area contributed by atoms with Crippen LogP contribution < -0.4 is 27.2 Å². The van der Waals surface area contributed by atoms with Gasteiger partial charge in [0, 0.05) is 24.2 Å². The molecule has 2 aromatic heterocycles. The number of aromatic nitrogens is 4. The van der Waals surface area contributed by atoms with E-state index in [0.717, 1.165) is 25.7 Å². The molecule has 202 valence electrons. The maximum absolute atomic E-state index is 12.6. The number of anilines is 2. The molecule has 0 saturated heterocycles. The number of carboxylic acids is 1. The minimum atomic E-state index is -1.21. The number of benzene rings is 1. The summed E-state index contributed by atoms with van der Waals surface area (Å²) in [6, 6.07) is 5.21. The number of rotatable bonds is 14. The number of nitrogen functional groups attached to an aromatic ring is 1. The minimum absolute atomic E-state index is 0.000856. The number of nitrogens with one attached hydrogen (secondary N) is 4. The molecule has 0 aliphatic rings. The van der Waals surface area contributed by atoms with E-state index in [4.69, 9.17) is 5.73 Å². The van der Waals surface area contributed by atoms with Gasteiger partial charge in [0.25, 0.3) is 11.5 Å². The van der Waals surface area contributed by atoms with E-state index in [0.29, 0.717) is 17.9 Å². The smallest absolute Gasteiger partial charge is 0.326 e. The normalized spacial score (nSPS) is 11.6. The van der Waals surface area contributed by atoms with Crippen LogP contribution in [0.2, 0.25) is 0 Å². The van der Waals surface area contributed by atoms with Crippen LogP contribution in [0.4, 0.5) is 11.6 Å². The summed E-state index contributed by atoms with van der Waals surface area (Å²) in [5, 5.41) is 17.8. The molecule has 38 heavy (non-hydrogen) atoms. The highest BCUT2D eigenvalue weighted by Crippen LogP contribution is 2.12. The van der Waals surface area contributed by atoms with Crippen LogP contribution in [0.15, 0.2) is 35.3 Å². The van der Waals surface area contributed by atoms with Crippen molar-refractivity contribution < 1.29 is 19.5 Å². The molecule has 0 bridgehead atoms. The lowest BCUT2D eigenvalue weighted by Crippen LogP contribution is -2.41. The maximum atomic E-state index is 12.6. The molecule has 0 fully saturated rings. The number of hydrogen-bond donors (Lipinski definition) is 6. The van der Waals surface area contributed by atoms with Gasteiger partial charge in [-0.05, 0) is 37.1 Å². The highest BCUT2D eigenvalue weighted by atomic mass is 16.4. The lowest BCUT2D eigenvalue weighted by atomic mass is 10.1. The fraction of sp³-hybridized carbons (Fsp3) is 0.400. The van der Waals surface area contributed by atoms with E-state index in [1.807, 2.05) is 0 Å². The Labute approximate surface area is 218 Å². The van der Waals surface area contributed by atoms with Crippen molar-refractivity contribution >= 4 is 40.6 Å². The van der Waals surface area contributed by atoms with E-state index in [1.165, 1.54) is 6.20 Å². The van der Waals surface area contributed by atoms with Crippen LogP contribution in [0, 0.1) is 0 Å². The number of hydrogen-bond acceptors (Lipinski definition) is 9. The number of nitrogens with zero attached hydrogens (tertiary/aromatic N) is 3. The number of carbonyl (C=O) groups is 3. The second kappa shape index (κ2) is 13.7. The summed E-state index contributed by atoms with van der Waals surface area (Å²) in [7, 11) is 0. The zero-order valence-corrected chi connectivity index (χ0v) is 21.1. The Morgan fingerprint density at radius 3 is 2.58 bits per heavy atom. The van der Waals surface area contributed by atoms with Gasteiger partial charge in [-0.1, -0.05) is 26.2 Å². The Hall–Kier alpha value is -4.55. The molecule has 2 heterocycles. The molecule has 2 amide bonds. The van der Waals surface area contributed by atoms with Gasteiger partial charge < -0.3 is 26.8 Å².